The van der Waals surface area contributed by atoms with Gasteiger partial charge < -0.3 is 9.88 Å². The van der Waals surface area contributed by atoms with Gasteiger partial charge >= 0.3 is 0 Å². The number of fused-ring (bicyclic) bond motifs is 1. The number of piperazine rings is 1. The number of aromatic nitrogens is 2. The number of nitro groups is 1. The molecule has 0 aliphatic carbocycles. The molecule has 10 heteroatoms. The van der Waals surface area contributed by atoms with Crippen molar-refractivity contribution < 1.29 is 4.92 Å². The Labute approximate surface area is 179 Å². The molecule has 1 aliphatic heterocycles. The maximum atomic E-state index is 12.5. The minimum Gasteiger partial charge on any atom is -0.363 e. The second-order valence-electron chi connectivity index (χ2n) is 7.13. The Morgan fingerprint density at radius 1 is 1.28 bits per heavy atom. The van der Waals surface area contributed by atoms with E-state index in [1.807, 2.05) is 24.8 Å². The van der Waals surface area contributed by atoms with Gasteiger partial charge in [0.25, 0.3) is 11.2 Å². The van der Waals surface area contributed by atoms with Crippen LogP contribution in [0.1, 0.15) is 16.3 Å². The molecule has 0 radical (unpaired) electrons. The Morgan fingerprint density at radius 2 is 2.00 bits per heavy atom. The molecule has 152 valence electrons. The predicted octanol–water partition coefficient (Wildman–Crippen LogP) is 3.59. The normalized spacial score (nSPS) is 15.2. The quantitative estimate of drug-likeness (QED) is 0.455. The zero-order valence-electron chi connectivity index (χ0n) is 16.1. The van der Waals surface area contributed by atoms with Crippen molar-refractivity contribution in [3.63, 3.8) is 0 Å². The maximum absolute atomic E-state index is 12.5. The van der Waals surface area contributed by atoms with Crippen LogP contribution in [0, 0.1) is 24.0 Å². The highest BCUT2D eigenvalue weighted by Crippen LogP contribution is 2.32. The highest BCUT2D eigenvalue weighted by atomic mass is 79.9. The number of H-pyrrole nitrogens is 1. The number of aryl methyl sites for hydroxylation is 2. The molecule has 0 atom stereocenters. The Kier molecular flexibility index (Phi) is 5.41. The number of hydrogen-bond acceptors (Lipinski definition) is 7. The number of rotatable bonds is 4. The monoisotopic (exact) mass is 477 g/mol. The first-order valence-electron chi connectivity index (χ1n) is 9.23. The lowest BCUT2D eigenvalue weighted by Gasteiger charge is -2.35. The number of anilines is 1. The molecule has 1 aromatic carbocycles. The van der Waals surface area contributed by atoms with Gasteiger partial charge in [-0.15, -0.1) is 11.3 Å². The first-order chi connectivity index (χ1) is 13.8. The van der Waals surface area contributed by atoms with Crippen LogP contribution in [0.5, 0.6) is 0 Å². The molecule has 8 nitrogen and oxygen atoms in total. The first kappa shape index (κ1) is 20.0. The number of thiophene rings is 1. The highest BCUT2D eigenvalue weighted by Gasteiger charge is 2.24. The smallest absolute Gasteiger partial charge is 0.293 e. The van der Waals surface area contributed by atoms with E-state index in [-0.39, 0.29) is 16.2 Å². The van der Waals surface area contributed by atoms with Gasteiger partial charge in [-0.25, -0.2) is 4.98 Å². The highest BCUT2D eigenvalue weighted by molar-refractivity contribution is 9.10. The molecule has 3 aromatic rings. The second kappa shape index (κ2) is 7.85. The molecule has 1 N–H and O–H groups in total. The van der Waals surface area contributed by atoms with Gasteiger partial charge in [0.15, 0.2) is 0 Å². The van der Waals surface area contributed by atoms with E-state index in [9.17, 15) is 14.9 Å². The van der Waals surface area contributed by atoms with Crippen molar-refractivity contribution in [2.45, 2.75) is 20.4 Å². The third-order valence-electron chi connectivity index (χ3n) is 5.31. The fourth-order valence-corrected chi connectivity index (χ4v) is 5.04. The van der Waals surface area contributed by atoms with E-state index >= 15 is 0 Å². The van der Waals surface area contributed by atoms with Gasteiger partial charge in [-0.2, -0.15) is 0 Å². The summed E-state index contributed by atoms with van der Waals surface area (Å²) in [6.07, 6.45) is 0. The summed E-state index contributed by atoms with van der Waals surface area (Å²) in [5, 5.41) is 12.1. The Morgan fingerprint density at radius 3 is 2.69 bits per heavy atom. The van der Waals surface area contributed by atoms with E-state index in [2.05, 4.69) is 30.8 Å². The summed E-state index contributed by atoms with van der Waals surface area (Å²) in [5.74, 6) is 0.659. The first-order valence-corrected chi connectivity index (χ1v) is 10.8. The van der Waals surface area contributed by atoms with Crippen molar-refractivity contribution in [1.82, 2.24) is 14.9 Å². The standard InChI is InChI=1S/C19H20BrN5O3S/c1-11-12(2)29-19-17(11)18(26)21-16(22-19)10-23-5-7-24(8-6-23)14-4-3-13(20)9-15(14)25(27)28/h3-4,9H,5-8,10H2,1-2H3,(H,21,22,26). The Bertz CT molecular complexity index is 1150. The lowest BCUT2D eigenvalue weighted by Crippen LogP contribution is -2.46. The zero-order valence-corrected chi connectivity index (χ0v) is 18.5. The van der Waals surface area contributed by atoms with E-state index in [1.54, 1.807) is 17.4 Å². The van der Waals surface area contributed by atoms with E-state index < -0.39 is 0 Å². The van der Waals surface area contributed by atoms with Crippen LogP contribution in [0.3, 0.4) is 0 Å². The number of hydrogen-bond donors (Lipinski definition) is 1. The molecule has 0 unspecified atom stereocenters. The minimum atomic E-state index is -0.346. The molecule has 0 saturated carbocycles. The maximum Gasteiger partial charge on any atom is 0.293 e. The zero-order chi connectivity index (χ0) is 20.7. The number of halogens is 1. The summed E-state index contributed by atoms with van der Waals surface area (Å²) >= 11 is 4.84. The molecule has 1 saturated heterocycles. The van der Waals surface area contributed by atoms with Crippen LogP contribution in [0.25, 0.3) is 10.2 Å². The predicted molar refractivity (Wildman–Crippen MR) is 118 cm³/mol. The van der Waals surface area contributed by atoms with Gasteiger partial charge in [0.2, 0.25) is 0 Å². The van der Waals surface area contributed by atoms with E-state index in [4.69, 9.17) is 0 Å². The number of nitrogens with zero attached hydrogens (tertiary/aromatic N) is 4. The van der Waals surface area contributed by atoms with Crippen molar-refractivity contribution in [1.29, 1.82) is 0 Å². The molecule has 2 aromatic heterocycles. The van der Waals surface area contributed by atoms with Crippen LogP contribution in [0.15, 0.2) is 27.5 Å². The molecule has 1 aliphatic rings. The van der Waals surface area contributed by atoms with Crippen LogP contribution in [-0.4, -0.2) is 46.0 Å². The molecule has 0 bridgehead atoms. The molecule has 29 heavy (non-hydrogen) atoms. The van der Waals surface area contributed by atoms with Crippen molar-refractivity contribution >= 4 is 48.9 Å². The van der Waals surface area contributed by atoms with Gasteiger partial charge in [-0.1, -0.05) is 15.9 Å². The lowest BCUT2D eigenvalue weighted by molar-refractivity contribution is -0.384. The van der Waals surface area contributed by atoms with E-state index in [1.165, 1.54) is 6.07 Å². The average molecular weight is 478 g/mol. The van der Waals surface area contributed by atoms with E-state index in [0.717, 1.165) is 28.4 Å². The van der Waals surface area contributed by atoms with Gasteiger partial charge in [-0.3, -0.25) is 19.8 Å². The van der Waals surface area contributed by atoms with Crippen molar-refractivity contribution in [3.05, 3.63) is 59.4 Å². The summed E-state index contributed by atoms with van der Waals surface area (Å²) in [7, 11) is 0. The fraction of sp³-hybridized carbons (Fsp3) is 0.368. The Balaban J connectivity index is 1.48. The van der Waals surface area contributed by atoms with Gasteiger partial charge in [-0.05, 0) is 31.5 Å². The van der Waals surface area contributed by atoms with Crippen LogP contribution in [0.4, 0.5) is 11.4 Å². The molecule has 0 amide bonds. The molecule has 3 heterocycles. The van der Waals surface area contributed by atoms with Crippen molar-refractivity contribution in [2.24, 2.45) is 0 Å². The third kappa shape index (κ3) is 3.92. The number of nitrogens with one attached hydrogen (secondary N) is 1. The van der Waals surface area contributed by atoms with Gasteiger partial charge in [0.1, 0.15) is 16.3 Å². The van der Waals surface area contributed by atoms with Crippen molar-refractivity contribution in [3.8, 4) is 0 Å². The molecule has 0 spiro atoms. The molecule has 4 rings (SSSR count). The summed E-state index contributed by atoms with van der Waals surface area (Å²) in [4.78, 5) is 37.2. The summed E-state index contributed by atoms with van der Waals surface area (Å²) in [5.41, 5.74) is 1.65. The summed E-state index contributed by atoms with van der Waals surface area (Å²) in [6.45, 7) is 7.32. The number of nitro benzene ring substituents is 1. The number of aromatic amines is 1. The average Bonchev–Trinajstić information content (AvgIpc) is 2.96. The Hall–Kier alpha value is -2.30. The lowest BCUT2D eigenvalue weighted by atomic mass is 10.2. The largest absolute Gasteiger partial charge is 0.363 e. The van der Waals surface area contributed by atoms with Gasteiger partial charge in [0.05, 0.1) is 16.9 Å². The van der Waals surface area contributed by atoms with Crippen LogP contribution < -0.4 is 10.5 Å². The van der Waals surface area contributed by atoms with Crippen LogP contribution >= 0.6 is 27.3 Å². The fourth-order valence-electron chi connectivity index (χ4n) is 3.64. The molecule has 1 fully saturated rings. The van der Waals surface area contributed by atoms with Gasteiger partial charge in [0, 0.05) is 41.6 Å². The summed E-state index contributed by atoms with van der Waals surface area (Å²) < 4.78 is 0.691. The SMILES string of the molecule is Cc1sc2nc(CN3CCN(c4ccc(Br)cc4[N+](=O)[O-])CC3)[nH]c(=O)c2c1C. The second-order valence-corrected chi connectivity index (χ2v) is 9.25. The molecular weight excluding hydrogens is 458 g/mol. The van der Waals surface area contributed by atoms with Crippen LogP contribution in [0.2, 0.25) is 0 Å². The third-order valence-corrected chi connectivity index (χ3v) is 6.90. The van der Waals surface area contributed by atoms with Crippen LogP contribution in [-0.2, 0) is 6.54 Å². The van der Waals surface area contributed by atoms with E-state index in [0.29, 0.717) is 41.0 Å². The summed E-state index contributed by atoms with van der Waals surface area (Å²) in [6, 6.07) is 5.15. The number of benzene rings is 1. The topological polar surface area (TPSA) is 95.4 Å². The minimum absolute atomic E-state index is 0.0871. The van der Waals surface area contributed by atoms with Crippen molar-refractivity contribution in [2.75, 3.05) is 31.1 Å². The molecular formula is C19H20BrN5O3S.